The molecule has 0 aliphatic heterocycles. The number of carbonyl (C=O) groups excluding carboxylic acids is 3. The van der Waals surface area contributed by atoms with Gasteiger partial charge < -0.3 is 15.4 Å². The number of anilines is 2. The van der Waals surface area contributed by atoms with Crippen LogP contribution in [0, 0.1) is 0 Å². The van der Waals surface area contributed by atoms with Gasteiger partial charge in [0, 0.05) is 10.2 Å². The van der Waals surface area contributed by atoms with Crippen LogP contribution in [0.3, 0.4) is 0 Å². The van der Waals surface area contributed by atoms with Gasteiger partial charge in [-0.25, -0.2) is 5.43 Å². The second kappa shape index (κ2) is 10.2. The van der Waals surface area contributed by atoms with Gasteiger partial charge in [0.05, 0.1) is 24.9 Å². The lowest BCUT2D eigenvalue weighted by Gasteiger charge is -2.09. The van der Waals surface area contributed by atoms with Crippen LogP contribution >= 0.6 is 15.9 Å². The highest BCUT2D eigenvalue weighted by Crippen LogP contribution is 2.23. The summed E-state index contributed by atoms with van der Waals surface area (Å²) in [5.74, 6) is -1.75. The van der Waals surface area contributed by atoms with Gasteiger partial charge in [0.25, 0.3) is 0 Å². The van der Waals surface area contributed by atoms with E-state index in [4.69, 9.17) is 4.74 Å². The lowest BCUT2D eigenvalue weighted by Crippen LogP contribution is -2.33. The zero-order chi connectivity index (χ0) is 20.5. The third-order valence-electron chi connectivity index (χ3n) is 3.47. The molecule has 0 aliphatic rings. The molecular weight excluding hydrogens is 428 g/mol. The van der Waals surface area contributed by atoms with Gasteiger partial charge in [0.2, 0.25) is 5.91 Å². The summed E-state index contributed by atoms with van der Waals surface area (Å²) in [5, 5.41) is 8.95. The van der Waals surface area contributed by atoms with E-state index in [2.05, 4.69) is 37.1 Å². The van der Waals surface area contributed by atoms with Gasteiger partial charge >= 0.3 is 11.8 Å². The molecule has 0 saturated carbocycles. The predicted molar refractivity (Wildman–Crippen MR) is 110 cm³/mol. The Balaban J connectivity index is 1.87. The Hall–Kier alpha value is -3.20. The summed E-state index contributed by atoms with van der Waals surface area (Å²) in [6.45, 7) is 1.57. The number of amides is 3. The first-order valence-corrected chi connectivity index (χ1v) is 9.02. The molecule has 2 aromatic rings. The zero-order valence-electron chi connectivity index (χ0n) is 15.3. The Morgan fingerprint density at radius 2 is 1.61 bits per heavy atom. The van der Waals surface area contributed by atoms with E-state index < -0.39 is 11.8 Å². The molecule has 0 radical (unpaired) electrons. The number of hydrazone groups is 1. The summed E-state index contributed by atoms with van der Waals surface area (Å²) in [7, 11) is 1.46. The lowest BCUT2D eigenvalue weighted by molar-refractivity contribution is -0.136. The summed E-state index contributed by atoms with van der Waals surface area (Å²) < 4.78 is 5.85. The number of rotatable bonds is 6. The van der Waals surface area contributed by atoms with Crippen molar-refractivity contribution in [2.75, 3.05) is 17.7 Å². The molecule has 2 aromatic carbocycles. The van der Waals surface area contributed by atoms with Crippen molar-refractivity contribution in [3.63, 3.8) is 0 Å². The Labute approximate surface area is 170 Å². The van der Waals surface area contributed by atoms with Gasteiger partial charge in [-0.3, -0.25) is 14.4 Å². The van der Waals surface area contributed by atoms with Crippen LogP contribution in [0.25, 0.3) is 0 Å². The fourth-order valence-electron chi connectivity index (χ4n) is 2.15. The first-order valence-electron chi connectivity index (χ1n) is 8.22. The van der Waals surface area contributed by atoms with Crippen molar-refractivity contribution >= 4 is 50.7 Å². The van der Waals surface area contributed by atoms with E-state index in [-0.39, 0.29) is 12.3 Å². The van der Waals surface area contributed by atoms with Crippen LogP contribution in [0.4, 0.5) is 11.4 Å². The maximum Gasteiger partial charge on any atom is 0.329 e. The first kappa shape index (κ1) is 21.1. The molecule has 0 bridgehead atoms. The number of methoxy groups -OCH3 is 1. The number of para-hydroxylation sites is 3. The van der Waals surface area contributed by atoms with E-state index in [1.807, 2.05) is 6.07 Å². The maximum atomic E-state index is 12.0. The van der Waals surface area contributed by atoms with Gasteiger partial charge in [0.1, 0.15) is 5.75 Å². The molecule has 2 rings (SSSR count). The molecule has 0 fully saturated rings. The Morgan fingerprint density at radius 1 is 0.964 bits per heavy atom. The van der Waals surface area contributed by atoms with E-state index in [0.717, 1.165) is 4.47 Å². The molecule has 0 saturated heterocycles. The number of hydrogen-bond acceptors (Lipinski definition) is 5. The van der Waals surface area contributed by atoms with Gasteiger partial charge in [-0.05, 0) is 47.1 Å². The molecular formula is C19H19BrN4O4. The second-order valence-electron chi connectivity index (χ2n) is 5.65. The molecule has 0 heterocycles. The van der Waals surface area contributed by atoms with Gasteiger partial charge in [0.15, 0.2) is 0 Å². The van der Waals surface area contributed by atoms with Crippen molar-refractivity contribution in [3.05, 3.63) is 53.0 Å². The molecule has 3 amide bonds. The third kappa shape index (κ3) is 6.20. The average Bonchev–Trinajstić information content (AvgIpc) is 2.68. The molecule has 0 aliphatic carbocycles. The fourth-order valence-corrected chi connectivity index (χ4v) is 2.54. The van der Waals surface area contributed by atoms with Gasteiger partial charge in [-0.15, -0.1) is 0 Å². The van der Waals surface area contributed by atoms with Gasteiger partial charge in [-0.1, -0.05) is 24.3 Å². The molecule has 28 heavy (non-hydrogen) atoms. The summed E-state index contributed by atoms with van der Waals surface area (Å²) in [5.41, 5.74) is 3.45. The lowest BCUT2D eigenvalue weighted by atomic mass is 10.2. The third-order valence-corrected chi connectivity index (χ3v) is 4.17. The zero-order valence-corrected chi connectivity index (χ0v) is 16.9. The molecule has 3 N–H and O–H groups in total. The van der Waals surface area contributed by atoms with Crippen molar-refractivity contribution in [2.24, 2.45) is 5.10 Å². The highest BCUT2D eigenvalue weighted by atomic mass is 79.9. The van der Waals surface area contributed by atoms with Crippen LogP contribution in [0.1, 0.15) is 13.3 Å². The van der Waals surface area contributed by atoms with E-state index >= 15 is 0 Å². The number of ether oxygens (including phenoxy) is 1. The standard InChI is InChI=1S/C19H19BrN4O4/c1-12(11-17(25)21-14-8-4-3-7-13(14)20)23-24-19(27)18(26)22-15-9-5-6-10-16(15)28-2/h3-10H,11H2,1-2H3,(H,21,25)(H,22,26)(H,24,27)/b23-12+. The number of nitrogens with zero attached hydrogens (tertiary/aromatic N) is 1. The van der Waals surface area contributed by atoms with Crippen LogP contribution in [0.2, 0.25) is 0 Å². The van der Waals surface area contributed by atoms with Gasteiger partial charge in [-0.2, -0.15) is 5.10 Å². The largest absolute Gasteiger partial charge is 0.495 e. The minimum Gasteiger partial charge on any atom is -0.495 e. The average molecular weight is 447 g/mol. The van der Waals surface area contributed by atoms with Crippen molar-refractivity contribution in [3.8, 4) is 5.75 Å². The highest BCUT2D eigenvalue weighted by Gasteiger charge is 2.15. The van der Waals surface area contributed by atoms with E-state index in [0.29, 0.717) is 22.8 Å². The van der Waals surface area contributed by atoms with Crippen molar-refractivity contribution in [1.82, 2.24) is 5.43 Å². The molecule has 9 heteroatoms. The normalized spacial score (nSPS) is 10.8. The van der Waals surface area contributed by atoms with E-state index in [1.54, 1.807) is 49.4 Å². The number of carbonyl (C=O) groups is 3. The van der Waals surface area contributed by atoms with E-state index in [9.17, 15) is 14.4 Å². The van der Waals surface area contributed by atoms with Crippen molar-refractivity contribution in [2.45, 2.75) is 13.3 Å². The number of hydrogen-bond donors (Lipinski definition) is 3. The number of benzene rings is 2. The van der Waals surface area contributed by atoms with Crippen LogP contribution in [0.15, 0.2) is 58.1 Å². The Morgan fingerprint density at radius 3 is 2.29 bits per heavy atom. The minimum absolute atomic E-state index is 0.0459. The van der Waals surface area contributed by atoms with E-state index in [1.165, 1.54) is 7.11 Å². The van der Waals surface area contributed by atoms with Crippen LogP contribution < -0.4 is 20.8 Å². The Kier molecular flexibility index (Phi) is 7.70. The van der Waals surface area contributed by atoms with Crippen LogP contribution in [-0.4, -0.2) is 30.5 Å². The maximum absolute atomic E-state index is 12.0. The molecule has 0 atom stereocenters. The minimum atomic E-state index is -0.962. The number of nitrogens with one attached hydrogen (secondary N) is 3. The molecule has 0 spiro atoms. The quantitative estimate of drug-likeness (QED) is 0.360. The topological polar surface area (TPSA) is 109 Å². The van der Waals surface area contributed by atoms with Crippen molar-refractivity contribution in [1.29, 1.82) is 0 Å². The second-order valence-corrected chi connectivity index (χ2v) is 6.50. The predicted octanol–water partition coefficient (Wildman–Crippen LogP) is 2.92. The summed E-state index contributed by atoms with van der Waals surface area (Å²) in [6.07, 6.45) is -0.0459. The summed E-state index contributed by atoms with van der Waals surface area (Å²) >= 11 is 3.34. The smallest absolute Gasteiger partial charge is 0.329 e. The Bertz CT molecular complexity index is 914. The monoisotopic (exact) mass is 446 g/mol. The first-order chi connectivity index (χ1) is 13.4. The highest BCUT2D eigenvalue weighted by molar-refractivity contribution is 9.10. The molecule has 0 unspecified atom stereocenters. The van der Waals surface area contributed by atoms with Crippen LogP contribution in [-0.2, 0) is 14.4 Å². The molecule has 146 valence electrons. The number of halogens is 1. The van der Waals surface area contributed by atoms with Crippen LogP contribution in [0.5, 0.6) is 5.75 Å². The molecule has 8 nitrogen and oxygen atoms in total. The summed E-state index contributed by atoms with van der Waals surface area (Å²) in [4.78, 5) is 35.9. The fraction of sp³-hybridized carbons (Fsp3) is 0.158. The van der Waals surface area contributed by atoms with Crippen molar-refractivity contribution < 1.29 is 19.1 Å². The molecule has 0 aromatic heterocycles. The summed E-state index contributed by atoms with van der Waals surface area (Å²) in [6, 6.07) is 13.9. The SMILES string of the molecule is COc1ccccc1NC(=O)C(=O)N/N=C(\C)CC(=O)Nc1ccccc1Br.